The molecule has 0 aromatic rings. The molecular formula is C54H86O6. The van der Waals surface area contributed by atoms with E-state index >= 15 is 0 Å². The van der Waals surface area contributed by atoms with Crippen molar-refractivity contribution in [3.05, 3.63) is 109 Å². The van der Waals surface area contributed by atoms with Crippen molar-refractivity contribution in [3.63, 3.8) is 0 Å². The second-order valence-electron chi connectivity index (χ2n) is 15.2. The van der Waals surface area contributed by atoms with Crippen molar-refractivity contribution in [2.24, 2.45) is 0 Å². The molecule has 0 saturated carbocycles. The van der Waals surface area contributed by atoms with Gasteiger partial charge in [0.1, 0.15) is 13.2 Å². The topological polar surface area (TPSA) is 78.9 Å². The third kappa shape index (κ3) is 45.2. The van der Waals surface area contributed by atoms with Gasteiger partial charge in [-0.1, -0.05) is 169 Å². The third-order valence-corrected chi connectivity index (χ3v) is 9.49. The fourth-order valence-corrected chi connectivity index (χ4v) is 5.93. The maximum atomic E-state index is 12.8. The van der Waals surface area contributed by atoms with Crippen LogP contribution in [0.15, 0.2) is 109 Å². The van der Waals surface area contributed by atoms with Crippen LogP contribution in [0.2, 0.25) is 0 Å². The largest absolute Gasteiger partial charge is 0.462 e. The van der Waals surface area contributed by atoms with E-state index in [-0.39, 0.29) is 31.1 Å². The molecule has 0 aromatic heterocycles. The summed E-state index contributed by atoms with van der Waals surface area (Å²) in [6.45, 7) is 6.26. The van der Waals surface area contributed by atoms with Gasteiger partial charge in [0.25, 0.3) is 0 Å². The van der Waals surface area contributed by atoms with Crippen molar-refractivity contribution in [1.82, 2.24) is 0 Å². The number of allylic oxidation sites excluding steroid dienone is 18. The molecule has 0 amide bonds. The molecule has 0 heterocycles. The summed E-state index contributed by atoms with van der Waals surface area (Å²) < 4.78 is 16.7. The Balaban J connectivity index is 4.55. The van der Waals surface area contributed by atoms with Gasteiger partial charge in [-0.05, 0) is 116 Å². The Hall–Kier alpha value is -3.93. The molecule has 0 aliphatic carbocycles. The summed E-state index contributed by atoms with van der Waals surface area (Å²) in [6, 6.07) is 0. The average Bonchev–Trinajstić information content (AvgIpc) is 3.24. The minimum Gasteiger partial charge on any atom is -0.462 e. The van der Waals surface area contributed by atoms with E-state index in [9.17, 15) is 14.4 Å². The molecule has 0 bridgehead atoms. The maximum absolute atomic E-state index is 12.8. The highest BCUT2D eigenvalue weighted by Gasteiger charge is 2.19. The SMILES string of the molecule is CC/C=C\C/C=C\C/C=C\C/C=C\CCCCC(=O)OCC(COC(=O)CCCCC/C=C\C/C=C\C/C=C\CC)OC(=O)CCCCCCC/C=C\C/C=C\CCCC. The Morgan fingerprint density at radius 3 is 1.07 bits per heavy atom. The van der Waals surface area contributed by atoms with E-state index in [1.165, 1.54) is 19.3 Å². The number of carbonyl (C=O) groups excluding carboxylic acids is 3. The van der Waals surface area contributed by atoms with Gasteiger partial charge in [-0.3, -0.25) is 14.4 Å². The van der Waals surface area contributed by atoms with Crippen LogP contribution in [-0.2, 0) is 28.6 Å². The summed E-state index contributed by atoms with van der Waals surface area (Å²) >= 11 is 0. The predicted octanol–water partition coefficient (Wildman–Crippen LogP) is 15.6. The molecule has 0 fully saturated rings. The van der Waals surface area contributed by atoms with Crippen LogP contribution in [0.3, 0.4) is 0 Å². The molecular weight excluding hydrogens is 745 g/mol. The first kappa shape index (κ1) is 56.1. The normalized spacial score (nSPS) is 13.1. The second-order valence-corrected chi connectivity index (χ2v) is 15.2. The van der Waals surface area contributed by atoms with Crippen LogP contribution in [0.4, 0.5) is 0 Å². The van der Waals surface area contributed by atoms with Gasteiger partial charge < -0.3 is 14.2 Å². The average molecular weight is 831 g/mol. The zero-order chi connectivity index (χ0) is 43.7. The van der Waals surface area contributed by atoms with Gasteiger partial charge in [0.15, 0.2) is 6.10 Å². The van der Waals surface area contributed by atoms with Gasteiger partial charge in [-0.25, -0.2) is 0 Å². The van der Waals surface area contributed by atoms with Crippen LogP contribution in [0, 0.1) is 0 Å². The van der Waals surface area contributed by atoms with Crippen LogP contribution in [0.25, 0.3) is 0 Å². The van der Waals surface area contributed by atoms with E-state index in [1.54, 1.807) is 0 Å². The number of ether oxygens (including phenoxy) is 3. The monoisotopic (exact) mass is 831 g/mol. The highest BCUT2D eigenvalue weighted by molar-refractivity contribution is 5.71. The smallest absolute Gasteiger partial charge is 0.306 e. The minimum atomic E-state index is -0.815. The van der Waals surface area contributed by atoms with Crippen LogP contribution >= 0.6 is 0 Å². The number of rotatable bonds is 41. The summed E-state index contributed by atoms with van der Waals surface area (Å²) in [5.41, 5.74) is 0. The Labute approximate surface area is 368 Å². The van der Waals surface area contributed by atoms with Crippen LogP contribution in [0.5, 0.6) is 0 Å². The zero-order valence-electron chi connectivity index (χ0n) is 38.4. The molecule has 0 rings (SSSR count). The molecule has 338 valence electrons. The first-order chi connectivity index (χ1) is 29.5. The zero-order valence-corrected chi connectivity index (χ0v) is 38.4. The Bertz CT molecular complexity index is 1280. The van der Waals surface area contributed by atoms with Crippen LogP contribution in [0.1, 0.15) is 194 Å². The van der Waals surface area contributed by atoms with Gasteiger partial charge in [0, 0.05) is 19.3 Å². The fourth-order valence-electron chi connectivity index (χ4n) is 5.93. The first-order valence-corrected chi connectivity index (χ1v) is 23.9. The lowest BCUT2D eigenvalue weighted by atomic mass is 10.1. The minimum absolute atomic E-state index is 0.115. The number of unbranched alkanes of at least 4 members (excludes halogenated alkanes) is 12. The molecule has 0 radical (unpaired) electrons. The highest BCUT2D eigenvalue weighted by atomic mass is 16.6. The summed E-state index contributed by atoms with van der Waals surface area (Å²) in [5, 5.41) is 0. The molecule has 6 heteroatoms. The van der Waals surface area contributed by atoms with E-state index in [0.29, 0.717) is 25.7 Å². The summed E-state index contributed by atoms with van der Waals surface area (Å²) in [6.07, 6.45) is 63.6. The third-order valence-electron chi connectivity index (χ3n) is 9.49. The van der Waals surface area contributed by atoms with Crippen LogP contribution < -0.4 is 0 Å². The van der Waals surface area contributed by atoms with Crippen molar-refractivity contribution in [2.45, 2.75) is 200 Å². The second kappa shape index (κ2) is 47.7. The van der Waals surface area contributed by atoms with Crippen molar-refractivity contribution in [1.29, 1.82) is 0 Å². The van der Waals surface area contributed by atoms with Crippen LogP contribution in [-0.4, -0.2) is 37.2 Å². The summed E-state index contributed by atoms with van der Waals surface area (Å²) in [4.78, 5) is 37.8. The van der Waals surface area contributed by atoms with Crippen molar-refractivity contribution in [3.8, 4) is 0 Å². The molecule has 0 aromatic carbocycles. The molecule has 0 aliphatic rings. The molecule has 1 unspecified atom stereocenters. The molecule has 0 aliphatic heterocycles. The number of hydrogen-bond donors (Lipinski definition) is 0. The lowest BCUT2D eigenvalue weighted by molar-refractivity contribution is -0.167. The Kier molecular flexibility index (Phi) is 44.6. The van der Waals surface area contributed by atoms with Gasteiger partial charge in [-0.15, -0.1) is 0 Å². The lowest BCUT2D eigenvalue weighted by Gasteiger charge is -2.18. The van der Waals surface area contributed by atoms with E-state index in [1.807, 2.05) is 0 Å². The van der Waals surface area contributed by atoms with Crippen molar-refractivity contribution >= 4 is 17.9 Å². The highest BCUT2D eigenvalue weighted by Crippen LogP contribution is 2.12. The predicted molar refractivity (Wildman–Crippen MR) is 256 cm³/mol. The maximum Gasteiger partial charge on any atom is 0.306 e. The summed E-state index contributed by atoms with van der Waals surface area (Å²) in [5.74, 6) is -1.01. The number of esters is 3. The number of hydrogen-bond acceptors (Lipinski definition) is 6. The Morgan fingerprint density at radius 2 is 0.650 bits per heavy atom. The van der Waals surface area contributed by atoms with E-state index in [0.717, 1.165) is 128 Å². The fraction of sp³-hybridized carbons (Fsp3) is 0.611. The quantitative estimate of drug-likeness (QED) is 0.0264. The van der Waals surface area contributed by atoms with Crippen molar-refractivity contribution in [2.75, 3.05) is 13.2 Å². The molecule has 0 N–H and O–H groups in total. The molecule has 60 heavy (non-hydrogen) atoms. The van der Waals surface area contributed by atoms with Gasteiger partial charge in [0.05, 0.1) is 0 Å². The lowest BCUT2D eigenvalue weighted by Crippen LogP contribution is -2.30. The summed E-state index contributed by atoms with van der Waals surface area (Å²) in [7, 11) is 0. The molecule has 0 saturated heterocycles. The van der Waals surface area contributed by atoms with E-state index in [4.69, 9.17) is 14.2 Å². The Morgan fingerprint density at radius 1 is 0.350 bits per heavy atom. The van der Waals surface area contributed by atoms with E-state index < -0.39 is 6.10 Å². The van der Waals surface area contributed by atoms with Crippen molar-refractivity contribution < 1.29 is 28.6 Å². The van der Waals surface area contributed by atoms with Gasteiger partial charge >= 0.3 is 17.9 Å². The number of carbonyl (C=O) groups is 3. The van der Waals surface area contributed by atoms with Gasteiger partial charge in [-0.2, -0.15) is 0 Å². The van der Waals surface area contributed by atoms with E-state index in [2.05, 4.69) is 130 Å². The molecule has 0 spiro atoms. The molecule has 6 nitrogen and oxygen atoms in total. The standard InChI is InChI=1S/C54H86O6/c1-4-7-10-13-16-19-22-25-27-30-32-35-38-41-44-47-53(56)59-50-51(49-58-52(55)46-43-40-37-34-31-28-24-21-18-15-12-9-6-3)60-54(57)48-45-42-39-36-33-29-26-23-20-17-14-11-8-5-2/h7,9-10,12,14,16-19,21,23,25-28,31-32,35,51H,4-6,8,11,13,15,20,22,24,29-30,33-34,36-50H2,1-3H3/b10-7-,12-9-,17-14-,19-16-,21-18-,26-23-,27-25-,31-28-,35-32-. The molecule has 1 atom stereocenters. The van der Waals surface area contributed by atoms with Gasteiger partial charge in [0.2, 0.25) is 0 Å². The first-order valence-electron chi connectivity index (χ1n) is 23.9.